The Labute approximate surface area is 116 Å². The maximum atomic E-state index is 5.78. The monoisotopic (exact) mass is 269 g/mol. The molecule has 20 heavy (non-hydrogen) atoms. The molecule has 0 radical (unpaired) electrons. The molecule has 0 atom stereocenters. The third kappa shape index (κ3) is 1.85. The lowest BCUT2D eigenvalue weighted by atomic mass is 10.0. The lowest BCUT2D eigenvalue weighted by molar-refractivity contribution is 0.415. The molecule has 1 aromatic carbocycles. The Hall–Kier alpha value is -2.63. The summed E-state index contributed by atoms with van der Waals surface area (Å²) in [5.74, 6) is 0.957. The van der Waals surface area contributed by atoms with E-state index in [9.17, 15) is 0 Å². The first kappa shape index (κ1) is 12.4. The maximum absolute atomic E-state index is 5.78. The van der Waals surface area contributed by atoms with Gasteiger partial charge in [0.15, 0.2) is 5.65 Å². The highest BCUT2D eigenvalue weighted by atomic mass is 16.5. The molecule has 3 N–H and O–H groups in total. The molecule has 6 nitrogen and oxygen atoms in total. The average Bonchev–Trinajstić information content (AvgIpc) is 2.85. The van der Waals surface area contributed by atoms with Crippen LogP contribution in [0.25, 0.3) is 22.4 Å². The number of hydrogen-bond acceptors (Lipinski definition) is 5. The van der Waals surface area contributed by atoms with Crippen LogP contribution in [0.1, 0.15) is 11.1 Å². The summed E-state index contributed by atoms with van der Waals surface area (Å²) >= 11 is 0. The molecule has 102 valence electrons. The number of hydrogen-bond donors (Lipinski definition) is 2. The summed E-state index contributed by atoms with van der Waals surface area (Å²) in [6.07, 6.45) is 1.58. The second-order valence-electron chi connectivity index (χ2n) is 4.69. The summed E-state index contributed by atoms with van der Waals surface area (Å²) in [7, 11) is 1.65. The zero-order chi connectivity index (χ0) is 14.3. The molecule has 0 aliphatic rings. The van der Waals surface area contributed by atoms with Crippen molar-refractivity contribution >= 4 is 17.1 Å². The highest BCUT2D eigenvalue weighted by molar-refractivity contribution is 5.91. The van der Waals surface area contributed by atoms with E-state index in [4.69, 9.17) is 10.5 Å². The Morgan fingerprint density at radius 1 is 1.20 bits per heavy atom. The van der Waals surface area contributed by atoms with Gasteiger partial charge >= 0.3 is 0 Å². The zero-order valence-electron chi connectivity index (χ0n) is 11.6. The van der Waals surface area contributed by atoms with E-state index in [1.807, 2.05) is 19.9 Å². The number of aryl methyl sites for hydroxylation is 2. The normalized spacial score (nSPS) is 10.9. The van der Waals surface area contributed by atoms with Gasteiger partial charge in [0.1, 0.15) is 17.0 Å². The minimum absolute atomic E-state index is 0.196. The van der Waals surface area contributed by atoms with Gasteiger partial charge in [-0.2, -0.15) is 4.98 Å². The van der Waals surface area contributed by atoms with Crippen LogP contribution in [-0.4, -0.2) is 27.0 Å². The van der Waals surface area contributed by atoms with Crippen LogP contribution in [0, 0.1) is 13.8 Å². The summed E-state index contributed by atoms with van der Waals surface area (Å²) in [6, 6.07) is 4.06. The van der Waals surface area contributed by atoms with Crippen LogP contribution < -0.4 is 10.5 Å². The van der Waals surface area contributed by atoms with Crippen LogP contribution in [0.4, 0.5) is 5.95 Å². The molecule has 0 unspecified atom stereocenters. The Morgan fingerprint density at radius 2 is 2.00 bits per heavy atom. The third-order valence-corrected chi connectivity index (χ3v) is 3.20. The fourth-order valence-electron chi connectivity index (χ4n) is 2.42. The van der Waals surface area contributed by atoms with Crippen molar-refractivity contribution in [3.8, 4) is 17.0 Å². The predicted molar refractivity (Wildman–Crippen MR) is 77.6 cm³/mol. The Kier molecular flexibility index (Phi) is 2.78. The van der Waals surface area contributed by atoms with Crippen LogP contribution in [0.3, 0.4) is 0 Å². The van der Waals surface area contributed by atoms with Crippen LogP contribution in [0.5, 0.6) is 5.75 Å². The molecular weight excluding hydrogens is 254 g/mol. The van der Waals surface area contributed by atoms with Crippen LogP contribution in [0.2, 0.25) is 0 Å². The first-order valence-corrected chi connectivity index (χ1v) is 6.22. The van der Waals surface area contributed by atoms with E-state index < -0.39 is 0 Å². The van der Waals surface area contributed by atoms with Gasteiger partial charge in [0, 0.05) is 5.56 Å². The van der Waals surface area contributed by atoms with Gasteiger partial charge in [-0.05, 0) is 31.0 Å². The zero-order valence-corrected chi connectivity index (χ0v) is 11.6. The Morgan fingerprint density at radius 3 is 2.75 bits per heavy atom. The van der Waals surface area contributed by atoms with E-state index in [-0.39, 0.29) is 5.95 Å². The molecule has 0 bridgehead atoms. The molecule has 0 saturated carbocycles. The molecule has 0 aliphatic carbocycles. The fourth-order valence-corrected chi connectivity index (χ4v) is 2.42. The van der Waals surface area contributed by atoms with Crippen molar-refractivity contribution in [1.82, 2.24) is 19.9 Å². The number of aromatic amines is 1. The van der Waals surface area contributed by atoms with Gasteiger partial charge in [-0.1, -0.05) is 6.07 Å². The van der Waals surface area contributed by atoms with E-state index in [0.29, 0.717) is 11.3 Å². The number of ether oxygens (including phenoxy) is 1. The number of fused-ring (bicyclic) bond motifs is 1. The van der Waals surface area contributed by atoms with E-state index in [1.165, 1.54) is 0 Å². The lowest BCUT2D eigenvalue weighted by Gasteiger charge is -2.13. The quantitative estimate of drug-likeness (QED) is 0.744. The van der Waals surface area contributed by atoms with Crippen molar-refractivity contribution in [1.29, 1.82) is 0 Å². The third-order valence-electron chi connectivity index (χ3n) is 3.20. The SMILES string of the molecule is COc1cc(C)cc(C)c1-c1nc(N)nc2nc[nH]c12. The van der Waals surface area contributed by atoms with Crippen molar-refractivity contribution < 1.29 is 4.74 Å². The highest BCUT2D eigenvalue weighted by Gasteiger charge is 2.17. The first-order chi connectivity index (χ1) is 9.60. The van der Waals surface area contributed by atoms with Crippen LogP contribution in [0.15, 0.2) is 18.5 Å². The number of benzene rings is 1. The molecule has 0 fully saturated rings. The molecule has 6 heteroatoms. The molecule has 0 spiro atoms. The lowest BCUT2D eigenvalue weighted by Crippen LogP contribution is -2.00. The molecule has 0 amide bonds. The largest absolute Gasteiger partial charge is 0.496 e. The van der Waals surface area contributed by atoms with Crippen molar-refractivity contribution in [2.45, 2.75) is 13.8 Å². The van der Waals surface area contributed by atoms with E-state index in [2.05, 4.69) is 26.0 Å². The Balaban J connectivity index is 2.39. The standard InChI is InChI=1S/C14H15N5O/c1-7-4-8(2)10(9(5-7)20-3)11-12-13(17-6-16-12)19-14(15)18-11/h4-6H,1-3H3,(H3,15,16,17,18,19). The van der Waals surface area contributed by atoms with Crippen LogP contribution in [-0.2, 0) is 0 Å². The van der Waals surface area contributed by atoms with Crippen molar-refractivity contribution in [3.63, 3.8) is 0 Å². The fraction of sp³-hybridized carbons (Fsp3) is 0.214. The molecule has 0 saturated heterocycles. The van der Waals surface area contributed by atoms with E-state index >= 15 is 0 Å². The van der Waals surface area contributed by atoms with Gasteiger partial charge in [-0.3, -0.25) is 0 Å². The van der Waals surface area contributed by atoms with Gasteiger partial charge in [0.2, 0.25) is 5.95 Å². The number of H-pyrrole nitrogens is 1. The number of nitrogen functional groups attached to an aromatic ring is 1. The highest BCUT2D eigenvalue weighted by Crippen LogP contribution is 2.36. The number of imidazole rings is 1. The number of nitrogens with two attached hydrogens (primary N) is 1. The summed E-state index contributed by atoms with van der Waals surface area (Å²) < 4.78 is 5.49. The summed E-state index contributed by atoms with van der Waals surface area (Å²) in [5, 5.41) is 0. The number of nitrogens with zero attached hydrogens (tertiary/aromatic N) is 3. The topological polar surface area (TPSA) is 89.7 Å². The molecule has 0 aliphatic heterocycles. The molecule has 2 heterocycles. The molecule has 3 rings (SSSR count). The summed E-state index contributed by atoms with van der Waals surface area (Å²) in [5.41, 5.74) is 10.9. The van der Waals surface area contributed by atoms with Crippen LogP contribution >= 0.6 is 0 Å². The second kappa shape index (κ2) is 4.48. The average molecular weight is 269 g/mol. The summed E-state index contributed by atoms with van der Waals surface area (Å²) in [6.45, 7) is 4.05. The number of methoxy groups -OCH3 is 1. The second-order valence-corrected chi connectivity index (χ2v) is 4.69. The maximum Gasteiger partial charge on any atom is 0.222 e. The van der Waals surface area contributed by atoms with E-state index in [0.717, 1.165) is 28.0 Å². The molecular formula is C14H15N5O. The van der Waals surface area contributed by atoms with Gasteiger partial charge in [0.25, 0.3) is 0 Å². The van der Waals surface area contributed by atoms with E-state index in [1.54, 1.807) is 13.4 Å². The minimum Gasteiger partial charge on any atom is -0.496 e. The Bertz CT molecular complexity index is 794. The van der Waals surface area contributed by atoms with Crippen molar-refractivity contribution in [2.75, 3.05) is 12.8 Å². The number of aromatic nitrogens is 4. The van der Waals surface area contributed by atoms with Gasteiger partial charge < -0.3 is 15.5 Å². The number of rotatable bonds is 2. The van der Waals surface area contributed by atoms with Gasteiger partial charge in [-0.25, -0.2) is 9.97 Å². The molecule has 2 aromatic heterocycles. The summed E-state index contributed by atoms with van der Waals surface area (Å²) in [4.78, 5) is 15.7. The van der Waals surface area contributed by atoms with Crippen molar-refractivity contribution in [3.05, 3.63) is 29.6 Å². The predicted octanol–water partition coefficient (Wildman–Crippen LogP) is 2.23. The van der Waals surface area contributed by atoms with Crippen molar-refractivity contribution in [2.24, 2.45) is 0 Å². The minimum atomic E-state index is 0.196. The van der Waals surface area contributed by atoms with Gasteiger partial charge in [0.05, 0.1) is 13.4 Å². The molecule has 3 aromatic rings. The number of anilines is 1. The smallest absolute Gasteiger partial charge is 0.222 e. The van der Waals surface area contributed by atoms with Gasteiger partial charge in [-0.15, -0.1) is 0 Å². The first-order valence-electron chi connectivity index (χ1n) is 6.22. The number of nitrogens with one attached hydrogen (secondary N) is 1.